The van der Waals surface area contributed by atoms with Crippen molar-refractivity contribution in [3.05, 3.63) is 50.4 Å². The summed E-state index contributed by atoms with van der Waals surface area (Å²) in [6, 6.07) is 5.74. The lowest BCUT2D eigenvalue weighted by molar-refractivity contribution is 0.174. The molecule has 24 heavy (non-hydrogen) atoms. The molecule has 2 aliphatic rings. The van der Waals surface area contributed by atoms with E-state index in [9.17, 15) is 4.79 Å². The van der Waals surface area contributed by atoms with Gasteiger partial charge in [-0.25, -0.2) is 4.98 Å². The van der Waals surface area contributed by atoms with E-state index in [1.807, 2.05) is 30.4 Å². The van der Waals surface area contributed by atoms with Crippen LogP contribution in [0.4, 0.5) is 0 Å². The zero-order chi connectivity index (χ0) is 16.1. The summed E-state index contributed by atoms with van der Waals surface area (Å²) in [4.78, 5) is 22.1. The summed E-state index contributed by atoms with van der Waals surface area (Å²) in [5, 5.41) is 0.785. The summed E-state index contributed by atoms with van der Waals surface area (Å²) in [5.41, 5.74) is 2.13. The molecule has 0 radical (unpaired) electrons. The molecule has 0 fully saturated rings. The predicted molar refractivity (Wildman–Crippen MR) is 93.8 cm³/mol. The Hall–Kier alpha value is -2.60. The fraction of sp³-hybridized carbons (Fsp3) is 0.222. The Labute approximate surface area is 141 Å². The second kappa shape index (κ2) is 5.21. The molecule has 0 atom stereocenters. The van der Waals surface area contributed by atoms with Crippen molar-refractivity contribution in [1.82, 2.24) is 9.97 Å². The number of nitrogens with one attached hydrogen (secondary N) is 1. The first-order chi connectivity index (χ1) is 11.8. The van der Waals surface area contributed by atoms with E-state index >= 15 is 0 Å². The van der Waals surface area contributed by atoms with Crippen LogP contribution in [0.15, 0.2) is 23.0 Å². The molecule has 1 N–H and O–H groups in total. The lowest BCUT2D eigenvalue weighted by Gasteiger charge is -1.98. The van der Waals surface area contributed by atoms with Crippen molar-refractivity contribution in [3.8, 4) is 11.5 Å². The standard InChI is InChI=1S/C18H14N2O3S/c21-17-16-11-2-1-3-14(11)24-18(16)20-15(19-17)7-5-10-4-6-12-13(8-10)23-9-22-12/h4-8H,1-3,9H2,(H,19,20,21). The van der Waals surface area contributed by atoms with Gasteiger partial charge in [-0.05, 0) is 48.6 Å². The van der Waals surface area contributed by atoms with Gasteiger partial charge in [-0.15, -0.1) is 11.3 Å². The van der Waals surface area contributed by atoms with Crippen LogP contribution >= 0.6 is 11.3 Å². The van der Waals surface area contributed by atoms with E-state index in [0.717, 1.165) is 46.5 Å². The van der Waals surface area contributed by atoms with Crippen LogP contribution in [0, 0.1) is 0 Å². The zero-order valence-electron chi connectivity index (χ0n) is 12.8. The van der Waals surface area contributed by atoms with Crippen molar-refractivity contribution in [2.45, 2.75) is 19.3 Å². The van der Waals surface area contributed by atoms with Crippen LogP contribution in [0.5, 0.6) is 11.5 Å². The van der Waals surface area contributed by atoms with Gasteiger partial charge in [-0.2, -0.15) is 0 Å². The Morgan fingerprint density at radius 1 is 1.17 bits per heavy atom. The van der Waals surface area contributed by atoms with Crippen LogP contribution in [-0.2, 0) is 12.8 Å². The fourth-order valence-electron chi connectivity index (χ4n) is 3.29. The van der Waals surface area contributed by atoms with E-state index in [0.29, 0.717) is 5.82 Å². The molecule has 0 spiro atoms. The van der Waals surface area contributed by atoms with Gasteiger partial charge >= 0.3 is 0 Å². The third kappa shape index (κ3) is 2.14. The van der Waals surface area contributed by atoms with Crippen LogP contribution in [0.3, 0.4) is 0 Å². The maximum absolute atomic E-state index is 12.4. The van der Waals surface area contributed by atoms with E-state index < -0.39 is 0 Å². The number of nitrogens with zero attached hydrogens (tertiary/aromatic N) is 1. The minimum Gasteiger partial charge on any atom is -0.454 e. The topological polar surface area (TPSA) is 64.2 Å². The lowest BCUT2D eigenvalue weighted by Crippen LogP contribution is -2.09. The summed E-state index contributed by atoms with van der Waals surface area (Å²) in [6.07, 6.45) is 6.93. The molecule has 2 aromatic heterocycles. The zero-order valence-corrected chi connectivity index (χ0v) is 13.6. The molecule has 0 saturated carbocycles. The molecular weight excluding hydrogens is 324 g/mol. The van der Waals surface area contributed by atoms with Gasteiger partial charge in [-0.3, -0.25) is 4.79 Å². The molecule has 6 heteroatoms. The van der Waals surface area contributed by atoms with Gasteiger partial charge in [0.2, 0.25) is 6.79 Å². The van der Waals surface area contributed by atoms with Crippen molar-refractivity contribution in [1.29, 1.82) is 0 Å². The van der Waals surface area contributed by atoms with Crippen molar-refractivity contribution in [2.24, 2.45) is 0 Å². The second-order valence-corrected chi connectivity index (χ2v) is 7.02. The number of H-pyrrole nitrogens is 1. The summed E-state index contributed by atoms with van der Waals surface area (Å²) in [5.74, 6) is 2.07. The molecule has 0 saturated heterocycles. The summed E-state index contributed by atoms with van der Waals surface area (Å²) in [6.45, 7) is 0.261. The first-order valence-electron chi connectivity index (χ1n) is 7.90. The molecule has 0 unspecified atom stereocenters. The first kappa shape index (κ1) is 13.8. The van der Waals surface area contributed by atoms with E-state index in [2.05, 4.69) is 9.97 Å². The number of ether oxygens (including phenoxy) is 2. The van der Waals surface area contributed by atoms with Crippen molar-refractivity contribution >= 4 is 33.7 Å². The Kier molecular flexibility index (Phi) is 2.99. The molecule has 0 bridgehead atoms. The number of hydrogen-bond donors (Lipinski definition) is 1. The molecule has 5 nitrogen and oxygen atoms in total. The molecule has 3 aromatic rings. The van der Waals surface area contributed by atoms with Crippen molar-refractivity contribution in [2.75, 3.05) is 6.79 Å². The second-order valence-electron chi connectivity index (χ2n) is 5.93. The summed E-state index contributed by atoms with van der Waals surface area (Å²) >= 11 is 1.65. The highest BCUT2D eigenvalue weighted by molar-refractivity contribution is 7.18. The van der Waals surface area contributed by atoms with Crippen LogP contribution in [0.1, 0.15) is 28.2 Å². The normalized spacial score (nSPS) is 15.5. The number of hydrogen-bond acceptors (Lipinski definition) is 5. The third-order valence-corrected chi connectivity index (χ3v) is 5.61. The molecule has 1 aliphatic heterocycles. The van der Waals surface area contributed by atoms with Gasteiger partial charge in [0.05, 0.1) is 5.39 Å². The van der Waals surface area contributed by atoms with Crippen LogP contribution in [-0.4, -0.2) is 16.8 Å². The minimum absolute atomic E-state index is 0.0373. The van der Waals surface area contributed by atoms with Gasteiger partial charge in [0.25, 0.3) is 5.56 Å². The number of benzene rings is 1. The summed E-state index contributed by atoms with van der Waals surface area (Å²) in [7, 11) is 0. The smallest absolute Gasteiger partial charge is 0.260 e. The Morgan fingerprint density at radius 3 is 3.04 bits per heavy atom. The lowest BCUT2D eigenvalue weighted by atomic mass is 10.2. The Morgan fingerprint density at radius 2 is 2.08 bits per heavy atom. The van der Waals surface area contributed by atoms with Gasteiger partial charge in [0.1, 0.15) is 10.7 Å². The Bertz CT molecular complexity index is 1050. The third-order valence-electron chi connectivity index (χ3n) is 4.42. The molecule has 0 amide bonds. The average Bonchev–Trinajstić information content (AvgIpc) is 3.27. The van der Waals surface area contributed by atoms with E-state index in [-0.39, 0.29) is 12.4 Å². The SMILES string of the molecule is O=c1[nH]c(C=Cc2ccc3c(c2)OCO3)nc2sc3c(c12)CCC3. The van der Waals surface area contributed by atoms with Crippen LogP contribution in [0.2, 0.25) is 0 Å². The Balaban J connectivity index is 1.52. The minimum atomic E-state index is -0.0373. The average molecular weight is 338 g/mol. The maximum Gasteiger partial charge on any atom is 0.260 e. The summed E-state index contributed by atoms with van der Waals surface area (Å²) < 4.78 is 10.7. The molecule has 1 aromatic carbocycles. The van der Waals surface area contributed by atoms with Crippen LogP contribution < -0.4 is 15.0 Å². The number of aryl methyl sites for hydroxylation is 2. The number of aromatic amines is 1. The largest absolute Gasteiger partial charge is 0.454 e. The van der Waals surface area contributed by atoms with E-state index in [1.165, 1.54) is 10.4 Å². The van der Waals surface area contributed by atoms with Gasteiger partial charge in [0, 0.05) is 4.88 Å². The first-order valence-corrected chi connectivity index (χ1v) is 8.72. The number of thiophene rings is 1. The predicted octanol–water partition coefficient (Wildman–Crippen LogP) is 3.37. The molecule has 5 rings (SSSR count). The fourth-order valence-corrected chi connectivity index (χ4v) is 4.56. The maximum atomic E-state index is 12.4. The van der Waals surface area contributed by atoms with Crippen LogP contribution in [0.25, 0.3) is 22.4 Å². The monoisotopic (exact) mass is 338 g/mol. The molecule has 120 valence electrons. The molecule has 3 heterocycles. The number of rotatable bonds is 2. The highest BCUT2D eigenvalue weighted by atomic mass is 32.1. The quantitative estimate of drug-likeness (QED) is 0.778. The molecule has 1 aliphatic carbocycles. The van der Waals surface area contributed by atoms with Crippen molar-refractivity contribution < 1.29 is 9.47 Å². The van der Waals surface area contributed by atoms with Crippen molar-refractivity contribution in [3.63, 3.8) is 0 Å². The highest BCUT2D eigenvalue weighted by Crippen LogP contribution is 2.35. The van der Waals surface area contributed by atoms with Gasteiger partial charge in [0.15, 0.2) is 11.5 Å². The van der Waals surface area contributed by atoms with Gasteiger partial charge in [-0.1, -0.05) is 12.1 Å². The highest BCUT2D eigenvalue weighted by Gasteiger charge is 2.20. The van der Waals surface area contributed by atoms with E-state index in [4.69, 9.17) is 9.47 Å². The van der Waals surface area contributed by atoms with Gasteiger partial charge < -0.3 is 14.5 Å². The van der Waals surface area contributed by atoms with E-state index in [1.54, 1.807) is 11.3 Å². The number of fused-ring (bicyclic) bond motifs is 4. The molecular formula is C18H14N2O3S. The number of aromatic nitrogens is 2.